The summed E-state index contributed by atoms with van der Waals surface area (Å²) in [6, 6.07) is 10.9. The number of fused-ring (bicyclic) bond motifs is 1. The molecule has 0 saturated carbocycles. The summed E-state index contributed by atoms with van der Waals surface area (Å²) in [6.07, 6.45) is 0. The summed E-state index contributed by atoms with van der Waals surface area (Å²) < 4.78 is 10.7. The SMILES string of the molecule is COCc1cc(=O)[nH]c(-c2cc3ccccc3o2)n1. The maximum Gasteiger partial charge on any atom is 0.251 e. The molecule has 2 aromatic heterocycles. The molecule has 19 heavy (non-hydrogen) atoms. The van der Waals surface area contributed by atoms with E-state index in [1.54, 1.807) is 7.11 Å². The van der Waals surface area contributed by atoms with Crippen molar-refractivity contribution in [3.05, 3.63) is 52.4 Å². The van der Waals surface area contributed by atoms with Crippen molar-refractivity contribution in [3.8, 4) is 11.6 Å². The summed E-state index contributed by atoms with van der Waals surface area (Å²) in [6.45, 7) is 0.289. The van der Waals surface area contributed by atoms with E-state index < -0.39 is 0 Å². The number of benzene rings is 1. The van der Waals surface area contributed by atoms with Gasteiger partial charge in [-0.2, -0.15) is 0 Å². The van der Waals surface area contributed by atoms with E-state index in [1.807, 2.05) is 30.3 Å². The Morgan fingerprint density at radius 1 is 1.32 bits per heavy atom. The topological polar surface area (TPSA) is 68.1 Å². The number of nitrogens with zero attached hydrogens (tertiary/aromatic N) is 1. The van der Waals surface area contributed by atoms with Gasteiger partial charge in [-0.15, -0.1) is 0 Å². The summed E-state index contributed by atoms with van der Waals surface area (Å²) in [4.78, 5) is 18.6. The van der Waals surface area contributed by atoms with Crippen molar-refractivity contribution in [3.63, 3.8) is 0 Å². The van der Waals surface area contributed by atoms with Gasteiger partial charge in [0.1, 0.15) is 5.58 Å². The third-order valence-electron chi connectivity index (χ3n) is 2.75. The van der Waals surface area contributed by atoms with Crippen LogP contribution in [0.3, 0.4) is 0 Å². The summed E-state index contributed by atoms with van der Waals surface area (Å²) >= 11 is 0. The van der Waals surface area contributed by atoms with Crippen LogP contribution in [-0.2, 0) is 11.3 Å². The molecule has 0 bridgehead atoms. The molecule has 0 atom stereocenters. The van der Waals surface area contributed by atoms with Crippen LogP contribution in [0.5, 0.6) is 0 Å². The van der Waals surface area contributed by atoms with Gasteiger partial charge in [0.05, 0.1) is 12.3 Å². The van der Waals surface area contributed by atoms with Crippen molar-refractivity contribution in [2.24, 2.45) is 0 Å². The summed E-state index contributed by atoms with van der Waals surface area (Å²) in [7, 11) is 1.56. The Morgan fingerprint density at radius 2 is 2.16 bits per heavy atom. The Bertz CT molecular complexity index is 740. The van der Waals surface area contributed by atoms with E-state index in [9.17, 15) is 4.79 Å². The van der Waals surface area contributed by atoms with Gasteiger partial charge >= 0.3 is 0 Å². The molecule has 0 aliphatic rings. The van der Waals surface area contributed by atoms with Crippen LogP contribution in [0.2, 0.25) is 0 Å². The van der Waals surface area contributed by atoms with E-state index in [0.29, 0.717) is 17.3 Å². The van der Waals surface area contributed by atoms with Gasteiger partial charge in [0, 0.05) is 18.6 Å². The molecule has 0 fully saturated rings. The molecule has 0 aliphatic carbocycles. The number of rotatable bonds is 3. The fourth-order valence-electron chi connectivity index (χ4n) is 1.95. The minimum Gasteiger partial charge on any atom is -0.453 e. The Labute approximate surface area is 108 Å². The largest absolute Gasteiger partial charge is 0.453 e. The second kappa shape index (κ2) is 4.70. The number of aromatic nitrogens is 2. The first-order chi connectivity index (χ1) is 9.26. The number of ether oxygens (including phenoxy) is 1. The van der Waals surface area contributed by atoms with Gasteiger partial charge in [0.15, 0.2) is 11.6 Å². The normalized spacial score (nSPS) is 11.0. The minimum atomic E-state index is -0.225. The zero-order chi connectivity index (χ0) is 13.2. The van der Waals surface area contributed by atoms with Gasteiger partial charge < -0.3 is 14.1 Å². The van der Waals surface area contributed by atoms with Crippen LogP contribution in [-0.4, -0.2) is 17.1 Å². The summed E-state index contributed by atoms with van der Waals surface area (Å²) in [5.41, 5.74) is 1.11. The lowest BCUT2D eigenvalue weighted by Gasteiger charge is -2.00. The first kappa shape index (κ1) is 11.7. The number of para-hydroxylation sites is 1. The maximum absolute atomic E-state index is 11.6. The van der Waals surface area contributed by atoms with Gasteiger partial charge in [-0.25, -0.2) is 4.98 Å². The van der Waals surface area contributed by atoms with E-state index in [0.717, 1.165) is 11.0 Å². The third-order valence-corrected chi connectivity index (χ3v) is 2.75. The van der Waals surface area contributed by atoms with E-state index in [1.165, 1.54) is 6.07 Å². The molecule has 0 aliphatic heterocycles. The molecule has 0 amide bonds. The molecule has 0 spiro atoms. The monoisotopic (exact) mass is 256 g/mol. The number of hydrogen-bond donors (Lipinski definition) is 1. The fourth-order valence-corrected chi connectivity index (χ4v) is 1.95. The molecule has 1 N–H and O–H groups in total. The Balaban J connectivity index is 2.12. The van der Waals surface area contributed by atoms with Crippen LogP contribution in [0, 0.1) is 0 Å². The lowest BCUT2D eigenvalue weighted by Crippen LogP contribution is -2.10. The van der Waals surface area contributed by atoms with Gasteiger partial charge in [0.25, 0.3) is 5.56 Å². The highest BCUT2D eigenvalue weighted by Crippen LogP contribution is 2.24. The first-order valence-electron chi connectivity index (χ1n) is 5.84. The smallest absolute Gasteiger partial charge is 0.251 e. The molecular weight excluding hydrogens is 244 g/mol. The van der Waals surface area contributed by atoms with Crippen LogP contribution < -0.4 is 5.56 Å². The van der Waals surface area contributed by atoms with Gasteiger partial charge in [-0.1, -0.05) is 18.2 Å². The maximum atomic E-state index is 11.6. The molecule has 5 heteroatoms. The molecule has 3 rings (SSSR count). The number of furan rings is 1. The highest BCUT2D eigenvalue weighted by Gasteiger charge is 2.09. The highest BCUT2D eigenvalue weighted by atomic mass is 16.5. The quantitative estimate of drug-likeness (QED) is 0.780. The number of methoxy groups -OCH3 is 1. The van der Waals surface area contributed by atoms with E-state index in [-0.39, 0.29) is 12.2 Å². The second-order valence-electron chi connectivity index (χ2n) is 4.17. The van der Waals surface area contributed by atoms with Crippen LogP contribution in [0.15, 0.2) is 45.6 Å². The Morgan fingerprint density at radius 3 is 2.95 bits per heavy atom. The van der Waals surface area contributed by atoms with Crippen molar-refractivity contribution in [2.75, 3.05) is 7.11 Å². The average molecular weight is 256 g/mol. The molecule has 96 valence electrons. The van der Waals surface area contributed by atoms with E-state index in [4.69, 9.17) is 9.15 Å². The van der Waals surface area contributed by atoms with E-state index >= 15 is 0 Å². The Kier molecular flexibility index (Phi) is 2.89. The summed E-state index contributed by atoms with van der Waals surface area (Å²) in [5.74, 6) is 0.951. The van der Waals surface area contributed by atoms with Gasteiger partial charge in [-0.3, -0.25) is 4.79 Å². The molecule has 1 aromatic carbocycles. The van der Waals surface area contributed by atoms with Crippen LogP contribution in [0.1, 0.15) is 5.69 Å². The number of H-pyrrole nitrogens is 1. The van der Waals surface area contributed by atoms with Crippen molar-refractivity contribution >= 4 is 11.0 Å². The van der Waals surface area contributed by atoms with Crippen molar-refractivity contribution in [1.82, 2.24) is 9.97 Å². The lowest BCUT2D eigenvalue weighted by atomic mass is 10.2. The lowest BCUT2D eigenvalue weighted by molar-refractivity contribution is 0.181. The van der Waals surface area contributed by atoms with Crippen LogP contribution >= 0.6 is 0 Å². The van der Waals surface area contributed by atoms with Gasteiger partial charge in [0.2, 0.25) is 0 Å². The zero-order valence-electron chi connectivity index (χ0n) is 10.3. The molecule has 3 aromatic rings. The first-order valence-corrected chi connectivity index (χ1v) is 5.84. The third kappa shape index (κ3) is 2.28. The molecule has 0 saturated heterocycles. The van der Waals surface area contributed by atoms with Crippen molar-refractivity contribution in [1.29, 1.82) is 0 Å². The zero-order valence-corrected chi connectivity index (χ0v) is 10.3. The van der Waals surface area contributed by atoms with Crippen molar-refractivity contribution < 1.29 is 9.15 Å². The second-order valence-corrected chi connectivity index (χ2v) is 4.17. The number of nitrogens with one attached hydrogen (secondary N) is 1. The molecule has 5 nitrogen and oxygen atoms in total. The average Bonchev–Trinajstić information content (AvgIpc) is 2.82. The van der Waals surface area contributed by atoms with Crippen LogP contribution in [0.4, 0.5) is 0 Å². The molecular formula is C14H12N2O3. The highest BCUT2D eigenvalue weighted by molar-refractivity contribution is 5.81. The molecule has 0 radical (unpaired) electrons. The molecule has 2 heterocycles. The summed E-state index contributed by atoms with van der Waals surface area (Å²) in [5, 5.41) is 0.970. The fraction of sp³-hybridized carbons (Fsp3) is 0.143. The van der Waals surface area contributed by atoms with Gasteiger partial charge in [-0.05, 0) is 12.1 Å². The van der Waals surface area contributed by atoms with Crippen LogP contribution in [0.25, 0.3) is 22.6 Å². The number of hydrogen-bond acceptors (Lipinski definition) is 4. The van der Waals surface area contributed by atoms with E-state index in [2.05, 4.69) is 9.97 Å². The predicted octanol–water partition coefficient (Wildman–Crippen LogP) is 2.33. The standard InChI is InChI=1S/C14H12N2O3/c1-18-8-10-7-13(17)16-14(15-10)12-6-9-4-2-3-5-11(9)19-12/h2-7H,8H2,1H3,(H,15,16,17). The minimum absolute atomic E-state index is 0.225. The Hall–Kier alpha value is -2.40. The predicted molar refractivity (Wildman–Crippen MR) is 70.8 cm³/mol. The number of aromatic amines is 1. The molecule has 0 unspecified atom stereocenters. The van der Waals surface area contributed by atoms with Crippen molar-refractivity contribution in [2.45, 2.75) is 6.61 Å².